The third-order valence-corrected chi connectivity index (χ3v) is 7.75. The minimum Gasteiger partial charge on any atom is -0.478 e. The second-order valence-corrected chi connectivity index (χ2v) is 10.3. The lowest BCUT2D eigenvalue weighted by molar-refractivity contribution is -0.133. The van der Waals surface area contributed by atoms with Gasteiger partial charge in [0, 0.05) is 47.5 Å². The number of hydrogen-bond donors (Lipinski definition) is 2. The van der Waals surface area contributed by atoms with Crippen LogP contribution in [0.15, 0.2) is 65.4 Å². The van der Waals surface area contributed by atoms with Gasteiger partial charge in [-0.15, -0.1) is 0 Å². The van der Waals surface area contributed by atoms with Crippen LogP contribution >= 0.6 is 23.2 Å². The molecule has 9 nitrogen and oxygen atoms in total. The number of amides is 1. The highest BCUT2D eigenvalue weighted by molar-refractivity contribution is 7.64. The minimum absolute atomic E-state index is 0.0172. The number of piperazine rings is 1. The quantitative estimate of drug-likeness (QED) is 0.472. The molecule has 12 heteroatoms. The smallest absolute Gasteiger partial charge is 0.334 e. The number of carboxylic acids is 2. The Morgan fingerprint density at radius 2 is 1.51 bits per heavy atom. The summed E-state index contributed by atoms with van der Waals surface area (Å²) in [6.07, 6.45) is -0.385. The van der Waals surface area contributed by atoms with Gasteiger partial charge in [-0.1, -0.05) is 59.6 Å². The topological polar surface area (TPSA) is 118 Å². The molecule has 0 radical (unpaired) electrons. The first-order chi connectivity index (χ1) is 18.6. The molecule has 0 spiro atoms. The molecule has 4 rings (SSSR count). The number of nitrogens with zero attached hydrogens (tertiary/aromatic N) is 3. The van der Waals surface area contributed by atoms with Gasteiger partial charge in [0.25, 0.3) is 0 Å². The van der Waals surface area contributed by atoms with Gasteiger partial charge in [0.05, 0.1) is 29.2 Å². The van der Waals surface area contributed by atoms with E-state index in [-0.39, 0.29) is 56.2 Å². The Hall–Kier alpha value is -3.44. The number of carbonyl (C=O) groups is 3. The van der Waals surface area contributed by atoms with Crippen molar-refractivity contribution in [3.63, 3.8) is 0 Å². The van der Waals surface area contributed by atoms with Crippen LogP contribution in [-0.4, -0.2) is 85.7 Å². The number of benzene rings is 2. The summed E-state index contributed by atoms with van der Waals surface area (Å²) in [5.41, 5.74) is 0.860. The predicted molar refractivity (Wildman–Crippen MR) is 150 cm³/mol. The SMILES string of the molecule is CN1CCN(C(=O)CC2=C(C(=O)O)C(c3c(Cl)cccc3Cl)C(C(=O)O)=C(c3ccccc3)N2C=S=O)CC1. The molecule has 1 saturated heterocycles. The van der Waals surface area contributed by atoms with Crippen molar-refractivity contribution in [2.45, 2.75) is 12.3 Å². The van der Waals surface area contributed by atoms with Gasteiger partial charge in [-0.2, -0.15) is 0 Å². The van der Waals surface area contributed by atoms with E-state index in [2.05, 4.69) is 4.90 Å². The zero-order valence-electron chi connectivity index (χ0n) is 20.8. The average molecular weight is 590 g/mol. The van der Waals surface area contributed by atoms with E-state index in [4.69, 9.17) is 23.2 Å². The second kappa shape index (κ2) is 12.2. The van der Waals surface area contributed by atoms with Crippen molar-refractivity contribution >= 4 is 63.5 Å². The number of likely N-dealkylation sites (N-methyl/N-ethyl adjacent to an activating group) is 1. The molecule has 2 aliphatic rings. The van der Waals surface area contributed by atoms with Gasteiger partial charge in [-0.05, 0) is 24.7 Å². The second-order valence-electron chi connectivity index (χ2n) is 9.10. The summed E-state index contributed by atoms with van der Waals surface area (Å²) in [6, 6.07) is 12.9. The molecular weight excluding hydrogens is 565 g/mol. The molecule has 2 heterocycles. The third kappa shape index (κ3) is 5.79. The summed E-state index contributed by atoms with van der Waals surface area (Å²) in [4.78, 5) is 44.2. The number of hydrogen-bond acceptors (Lipinski definition) is 5. The Morgan fingerprint density at radius 3 is 2.05 bits per heavy atom. The van der Waals surface area contributed by atoms with Crippen LogP contribution in [0.3, 0.4) is 0 Å². The molecule has 1 unspecified atom stereocenters. The highest BCUT2D eigenvalue weighted by atomic mass is 35.5. The van der Waals surface area contributed by atoms with E-state index in [1.165, 1.54) is 17.0 Å². The van der Waals surface area contributed by atoms with Gasteiger partial charge in [0.2, 0.25) is 5.91 Å². The van der Waals surface area contributed by atoms with Gasteiger partial charge in [-0.3, -0.25) is 4.79 Å². The number of rotatable bonds is 7. The summed E-state index contributed by atoms with van der Waals surface area (Å²) in [6.45, 7) is 2.21. The van der Waals surface area contributed by atoms with Crippen LogP contribution in [0.2, 0.25) is 10.0 Å². The zero-order chi connectivity index (χ0) is 28.3. The van der Waals surface area contributed by atoms with Crippen molar-refractivity contribution in [1.82, 2.24) is 14.7 Å². The van der Waals surface area contributed by atoms with Gasteiger partial charge in [0.1, 0.15) is 16.7 Å². The van der Waals surface area contributed by atoms with Crippen molar-refractivity contribution in [1.29, 1.82) is 0 Å². The molecule has 2 N–H and O–H groups in total. The minimum atomic E-state index is -1.46. The standard InChI is InChI=1S/C27H25Cl2N3O6S/c1-30-10-12-31(13-11-30)20(33)14-19-22(26(34)35)23(21-17(28)8-5-9-18(21)29)24(27(36)37)25(32(19)15-39-38)16-6-3-2-4-7-16/h2-9,15,23H,10-14H2,1H3,(H,34,35)(H,36,37). The average Bonchev–Trinajstić information content (AvgIpc) is 2.90. The number of carboxylic acid groups (broad SMARTS) is 2. The lowest BCUT2D eigenvalue weighted by Crippen LogP contribution is -2.48. The molecule has 2 aromatic rings. The maximum absolute atomic E-state index is 13.5. The largest absolute Gasteiger partial charge is 0.478 e. The molecule has 0 aromatic heterocycles. The molecular formula is C27H25Cl2N3O6S. The van der Waals surface area contributed by atoms with Crippen molar-refractivity contribution < 1.29 is 28.8 Å². The van der Waals surface area contributed by atoms with Gasteiger partial charge in [-0.25, -0.2) is 13.8 Å². The molecule has 0 bridgehead atoms. The van der Waals surface area contributed by atoms with E-state index in [1.54, 1.807) is 41.3 Å². The van der Waals surface area contributed by atoms with E-state index >= 15 is 0 Å². The van der Waals surface area contributed by atoms with Crippen LogP contribution in [0.5, 0.6) is 0 Å². The van der Waals surface area contributed by atoms with E-state index in [0.717, 1.165) is 5.49 Å². The first-order valence-corrected chi connectivity index (χ1v) is 13.5. The first-order valence-electron chi connectivity index (χ1n) is 12.0. The van der Waals surface area contributed by atoms with E-state index in [0.29, 0.717) is 31.7 Å². The van der Waals surface area contributed by atoms with Crippen LogP contribution in [0.1, 0.15) is 23.5 Å². The van der Waals surface area contributed by atoms with Crippen LogP contribution in [-0.2, 0) is 25.6 Å². The van der Waals surface area contributed by atoms with Gasteiger partial charge in [0.15, 0.2) is 0 Å². The zero-order valence-corrected chi connectivity index (χ0v) is 23.2. The first kappa shape index (κ1) is 28.6. The Balaban J connectivity index is 2.04. The summed E-state index contributed by atoms with van der Waals surface area (Å²) < 4.78 is 11.9. The summed E-state index contributed by atoms with van der Waals surface area (Å²) >= 11 is 13.0. The normalized spacial score (nSPS) is 18.3. The molecule has 2 aromatic carbocycles. The molecule has 1 amide bonds. The maximum atomic E-state index is 13.5. The van der Waals surface area contributed by atoms with Crippen LogP contribution in [0, 0.1) is 0 Å². The fourth-order valence-corrected chi connectivity index (χ4v) is 5.86. The Bertz CT molecular complexity index is 1410. The molecule has 204 valence electrons. The molecule has 2 aliphatic heterocycles. The third-order valence-electron chi connectivity index (χ3n) is 6.79. The Labute approximate surface area is 238 Å². The molecule has 39 heavy (non-hydrogen) atoms. The van der Waals surface area contributed by atoms with E-state index in [1.807, 2.05) is 7.05 Å². The monoisotopic (exact) mass is 589 g/mol. The van der Waals surface area contributed by atoms with Crippen LogP contribution in [0.4, 0.5) is 0 Å². The highest BCUT2D eigenvalue weighted by Crippen LogP contribution is 2.49. The molecule has 0 saturated carbocycles. The van der Waals surface area contributed by atoms with Crippen molar-refractivity contribution in [3.8, 4) is 0 Å². The van der Waals surface area contributed by atoms with Gasteiger partial charge < -0.3 is 24.9 Å². The van der Waals surface area contributed by atoms with Crippen LogP contribution in [0.25, 0.3) is 5.70 Å². The van der Waals surface area contributed by atoms with E-state index in [9.17, 15) is 28.8 Å². The maximum Gasteiger partial charge on any atom is 0.334 e. The molecule has 1 fully saturated rings. The van der Waals surface area contributed by atoms with Crippen molar-refractivity contribution in [2.24, 2.45) is 0 Å². The summed E-state index contributed by atoms with van der Waals surface area (Å²) in [5.74, 6) is -4.67. The lowest BCUT2D eigenvalue weighted by atomic mass is 9.77. The fraction of sp³-hybridized carbons (Fsp3) is 0.259. The Morgan fingerprint density at radius 1 is 0.923 bits per heavy atom. The highest BCUT2D eigenvalue weighted by Gasteiger charge is 2.44. The van der Waals surface area contributed by atoms with E-state index < -0.39 is 23.4 Å². The lowest BCUT2D eigenvalue weighted by Gasteiger charge is -2.38. The van der Waals surface area contributed by atoms with Crippen LogP contribution < -0.4 is 0 Å². The molecule has 0 aliphatic carbocycles. The van der Waals surface area contributed by atoms with Crippen molar-refractivity contribution in [2.75, 3.05) is 33.2 Å². The Kier molecular flexibility index (Phi) is 8.91. The summed E-state index contributed by atoms with van der Waals surface area (Å²) in [5, 5.41) is 21.1. The van der Waals surface area contributed by atoms with Gasteiger partial charge >= 0.3 is 11.9 Å². The van der Waals surface area contributed by atoms with Crippen molar-refractivity contribution in [3.05, 3.63) is 86.5 Å². The molecule has 1 atom stereocenters. The predicted octanol–water partition coefficient (Wildman–Crippen LogP) is 3.36. The summed E-state index contributed by atoms with van der Waals surface area (Å²) in [7, 11) is 1.94. The number of aliphatic carboxylic acids is 2. The fourth-order valence-electron chi connectivity index (χ4n) is 4.93. The number of carbonyl (C=O) groups excluding carboxylic acids is 1. The number of halogens is 2.